The SMILES string of the molecule is CCC(C)C(=O)COCCOCCNC(C)C(=O)CCC(CS(=O)(=O)O)NC. The largest absolute Gasteiger partial charge is 0.378 e. The van der Waals surface area contributed by atoms with Gasteiger partial charge >= 0.3 is 0 Å². The summed E-state index contributed by atoms with van der Waals surface area (Å²) in [6.07, 6.45) is 1.33. The van der Waals surface area contributed by atoms with Gasteiger partial charge in [0.2, 0.25) is 0 Å². The van der Waals surface area contributed by atoms with Crippen LogP contribution in [-0.4, -0.2) is 82.4 Å². The van der Waals surface area contributed by atoms with Crippen LogP contribution in [0.15, 0.2) is 0 Å². The van der Waals surface area contributed by atoms with E-state index in [-0.39, 0.29) is 36.6 Å². The molecule has 0 rings (SSSR count). The van der Waals surface area contributed by atoms with Crippen molar-refractivity contribution in [3.05, 3.63) is 0 Å². The van der Waals surface area contributed by atoms with Gasteiger partial charge in [0, 0.05) is 24.9 Å². The van der Waals surface area contributed by atoms with E-state index < -0.39 is 21.9 Å². The topological polar surface area (TPSA) is 131 Å². The second-order valence-corrected chi connectivity index (χ2v) is 8.35. The van der Waals surface area contributed by atoms with E-state index >= 15 is 0 Å². The summed E-state index contributed by atoms with van der Waals surface area (Å²) in [5, 5.41) is 5.83. The summed E-state index contributed by atoms with van der Waals surface area (Å²) in [5.74, 6) is -0.353. The Morgan fingerprint density at radius 3 is 2.29 bits per heavy atom. The third-order valence-corrected chi connectivity index (χ3v) is 5.34. The van der Waals surface area contributed by atoms with Crippen molar-refractivity contribution in [2.75, 3.05) is 45.8 Å². The summed E-state index contributed by atoms with van der Waals surface area (Å²) in [6.45, 7) is 7.29. The lowest BCUT2D eigenvalue weighted by molar-refractivity contribution is -0.127. The van der Waals surface area contributed by atoms with E-state index in [2.05, 4.69) is 10.6 Å². The van der Waals surface area contributed by atoms with Crippen molar-refractivity contribution in [2.45, 2.75) is 52.1 Å². The molecule has 0 amide bonds. The molecular weight excluding hydrogens is 388 g/mol. The highest BCUT2D eigenvalue weighted by Gasteiger charge is 2.18. The number of hydrogen-bond acceptors (Lipinski definition) is 8. The van der Waals surface area contributed by atoms with E-state index in [1.165, 1.54) is 0 Å². The summed E-state index contributed by atoms with van der Waals surface area (Å²) >= 11 is 0. The smallest absolute Gasteiger partial charge is 0.266 e. The first-order chi connectivity index (χ1) is 13.1. The molecule has 0 aliphatic carbocycles. The third kappa shape index (κ3) is 14.1. The van der Waals surface area contributed by atoms with Gasteiger partial charge in [-0.05, 0) is 26.8 Å². The highest BCUT2D eigenvalue weighted by atomic mass is 32.2. The van der Waals surface area contributed by atoms with Gasteiger partial charge in [-0.2, -0.15) is 8.42 Å². The van der Waals surface area contributed by atoms with Gasteiger partial charge in [-0.1, -0.05) is 13.8 Å². The molecule has 9 nitrogen and oxygen atoms in total. The van der Waals surface area contributed by atoms with Crippen LogP contribution in [0.3, 0.4) is 0 Å². The molecule has 3 atom stereocenters. The highest BCUT2D eigenvalue weighted by molar-refractivity contribution is 7.85. The second kappa shape index (κ2) is 15.0. The lowest BCUT2D eigenvalue weighted by Gasteiger charge is -2.16. The van der Waals surface area contributed by atoms with Crippen molar-refractivity contribution >= 4 is 21.7 Å². The molecule has 0 radical (unpaired) electrons. The van der Waals surface area contributed by atoms with Crippen LogP contribution >= 0.6 is 0 Å². The summed E-state index contributed by atoms with van der Waals surface area (Å²) in [4.78, 5) is 23.7. The van der Waals surface area contributed by atoms with Crippen LogP contribution in [0.25, 0.3) is 0 Å². The van der Waals surface area contributed by atoms with Gasteiger partial charge in [-0.3, -0.25) is 14.1 Å². The molecule has 10 heteroatoms. The standard InChI is InChI=1S/C18H36N2O7S/c1-5-14(2)18(22)12-27-11-10-26-9-8-20-15(3)17(21)7-6-16(19-4)13-28(23,24)25/h14-16,19-20H,5-13H2,1-4H3,(H,23,24,25). The minimum atomic E-state index is -4.08. The van der Waals surface area contributed by atoms with Crippen LogP contribution in [0.4, 0.5) is 0 Å². The molecule has 3 N–H and O–H groups in total. The number of nitrogens with one attached hydrogen (secondary N) is 2. The Balaban J connectivity index is 3.79. The van der Waals surface area contributed by atoms with Crippen molar-refractivity contribution < 1.29 is 32.0 Å². The maximum absolute atomic E-state index is 12.1. The predicted molar refractivity (Wildman–Crippen MR) is 107 cm³/mol. The molecule has 0 saturated carbocycles. The van der Waals surface area contributed by atoms with Crippen LogP contribution in [-0.2, 0) is 29.2 Å². The van der Waals surface area contributed by atoms with Gasteiger partial charge in [-0.15, -0.1) is 0 Å². The van der Waals surface area contributed by atoms with Crippen molar-refractivity contribution in [3.8, 4) is 0 Å². The van der Waals surface area contributed by atoms with E-state index in [1.807, 2.05) is 13.8 Å². The number of ether oxygens (including phenoxy) is 2. The van der Waals surface area contributed by atoms with Gasteiger partial charge < -0.3 is 20.1 Å². The monoisotopic (exact) mass is 424 g/mol. The Morgan fingerprint density at radius 1 is 1.07 bits per heavy atom. The van der Waals surface area contributed by atoms with Gasteiger partial charge in [-0.25, -0.2) is 0 Å². The van der Waals surface area contributed by atoms with Crippen molar-refractivity contribution in [1.29, 1.82) is 0 Å². The normalized spacial score (nSPS) is 15.2. The maximum atomic E-state index is 12.1. The van der Waals surface area contributed by atoms with Gasteiger partial charge in [0.15, 0.2) is 5.78 Å². The fourth-order valence-electron chi connectivity index (χ4n) is 2.32. The van der Waals surface area contributed by atoms with Crippen LogP contribution in [0.1, 0.15) is 40.0 Å². The number of carbonyl (C=O) groups excluding carboxylic acids is 2. The van der Waals surface area contributed by atoms with E-state index in [0.717, 1.165) is 6.42 Å². The Bertz CT molecular complexity index is 554. The minimum absolute atomic E-state index is 0.0144. The fraction of sp³-hybridized carbons (Fsp3) is 0.889. The first-order valence-electron chi connectivity index (χ1n) is 9.67. The second-order valence-electron chi connectivity index (χ2n) is 6.86. The van der Waals surface area contributed by atoms with Crippen LogP contribution in [0.2, 0.25) is 0 Å². The summed E-state index contributed by atoms with van der Waals surface area (Å²) < 4.78 is 41.3. The summed E-state index contributed by atoms with van der Waals surface area (Å²) in [7, 11) is -2.49. The first kappa shape index (κ1) is 27.1. The number of ketones is 2. The zero-order valence-electron chi connectivity index (χ0n) is 17.4. The van der Waals surface area contributed by atoms with Crippen LogP contribution in [0.5, 0.6) is 0 Å². The van der Waals surface area contributed by atoms with Gasteiger partial charge in [0.25, 0.3) is 10.1 Å². The molecule has 0 aliphatic rings. The van der Waals surface area contributed by atoms with Crippen LogP contribution < -0.4 is 10.6 Å². The average Bonchev–Trinajstić information content (AvgIpc) is 2.64. The van der Waals surface area contributed by atoms with Gasteiger partial charge in [0.05, 0.1) is 31.6 Å². The van der Waals surface area contributed by atoms with Gasteiger partial charge in [0.1, 0.15) is 12.4 Å². The van der Waals surface area contributed by atoms with Crippen molar-refractivity contribution in [1.82, 2.24) is 10.6 Å². The Labute approximate surface area is 168 Å². The maximum Gasteiger partial charge on any atom is 0.266 e. The molecule has 0 heterocycles. The molecule has 28 heavy (non-hydrogen) atoms. The lowest BCUT2D eigenvalue weighted by atomic mass is 10.1. The molecule has 3 unspecified atom stereocenters. The Hall–Kier alpha value is -0.910. The van der Waals surface area contributed by atoms with Crippen molar-refractivity contribution in [2.24, 2.45) is 5.92 Å². The predicted octanol–water partition coefficient (Wildman–Crippen LogP) is 0.438. The number of rotatable bonds is 18. The van der Waals surface area contributed by atoms with Crippen LogP contribution in [0, 0.1) is 5.92 Å². The highest BCUT2D eigenvalue weighted by Crippen LogP contribution is 2.04. The number of Topliss-reactive ketones (excluding diaryl/α,β-unsaturated/α-hetero) is 2. The number of hydrogen-bond donors (Lipinski definition) is 3. The van der Waals surface area contributed by atoms with E-state index in [1.54, 1.807) is 14.0 Å². The molecular formula is C18H36N2O7S. The Kier molecular flexibility index (Phi) is 14.5. The molecule has 0 aromatic carbocycles. The molecule has 0 aromatic heterocycles. The quantitative estimate of drug-likeness (QED) is 0.212. The fourth-order valence-corrected chi connectivity index (χ4v) is 3.16. The summed E-state index contributed by atoms with van der Waals surface area (Å²) in [6, 6.07) is -0.849. The van der Waals surface area contributed by atoms with E-state index in [4.69, 9.17) is 14.0 Å². The lowest BCUT2D eigenvalue weighted by Crippen LogP contribution is -2.38. The zero-order valence-corrected chi connectivity index (χ0v) is 18.2. The van der Waals surface area contributed by atoms with Crippen molar-refractivity contribution in [3.63, 3.8) is 0 Å². The molecule has 0 bridgehead atoms. The average molecular weight is 425 g/mol. The molecule has 166 valence electrons. The molecule has 0 spiro atoms. The molecule has 0 fully saturated rings. The first-order valence-corrected chi connectivity index (χ1v) is 11.3. The Morgan fingerprint density at radius 2 is 1.71 bits per heavy atom. The zero-order chi connectivity index (χ0) is 21.6. The molecule has 0 aliphatic heterocycles. The number of carbonyl (C=O) groups is 2. The minimum Gasteiger partial charge on any atom is -0.378 e. The summed E-state index contributed by atoms with van der Waals surface area (Å²) in [5.41, 5.74) is 0. The third-order valence-electron chi connectivity index (χ3n) is 4.52. The van der Waals surface area contributed by atoms with E-state index in [9.17, 15) is 18.0 Å². The van der Waals surface area contributed by atoms with E-state index in [0.29, 0.717) is 32.8 Å². The molecule has 0 saturated heterocycles. The molecule has 0 aromatic rings.